The van der Waals surface area contributed by atoms with Crippen LogP contribution in [0, 0.1) is 13.8 Å². The molecule has 3 heterocycles. The van der Waals surface area contributed by atoms with Crippen LogP contribution in [0.3, 0.4) is 0 Å². The largest absolute Gasteiger partial charge is 0.351 e. The zero-order chi connectivity index (χ0) is 13.4. The molecule has 6 heteroatoms. The van der Waals surface area contributed by atoms with E-state index in [0.717, 1.165) is 23.5 Å². The molecule has 0 unspecified atom stereocenters. The lowest BCUT2D eigenvalue weighted by Crippen LogP contribution is -2.36. The van der Waals surface area contributed by atoms with Gasteiger partial charge in [0.25, 0.3) is 5.91 Å². The van der Waals surface area contributed by atoms with Crippen molar-refractivity contribution in [1.82, 2.24) is 20.0 Å². The van der Waals surface area contributed by atoms with Gasteiger partial charge >= 0.3 is 0 Å². The van der Waals surface area contributed by atoms with Crippen LogP contribution in [-0.2, 0) is 13.0 Å². The molecular weight excluding hydrogens is 244 g/mol. The van der Waals surface area contributed by atoms with E-state index in [-0.39, 0.29) is 11.7 Å². The van der Waals surface area contributed by atoms with Crippen LogP contribution in [0.25, 0.3) is 0 Å². The van der Waals surface area contributed by atoms with E-state index >= 15 is 0 Å². The van der Waals surface area contributed by atoms with E-state index in [2.05, 4.69) is 15.1 Å². The van der Waals surface area contributed by atoms with Crippen molar-refractivity contribution < 1.29 is 9.32 Å². The maximum absolute atomic E-state index is 12.2. The fraction of sp³-hybridized carbons (Fsp3) is 0.385. The van der Waals surface area contributed by atoms with Crippen molar-refractivity contribution in [3.05, 3.63) is 40.8 Å². The Morgan fingerprint density at radius 1 is 1.42 bits per heavy atom. The summed E-state index contributed by atoms with van der Waals surface area (Å²) in [4.78, 5) is 22.6. The van der Waals surface area contributed by atoms with E-state index in [1.165, 1.54) is 0 Å². The van der Waals surface area contributed by atoms with Gasteiger partial charge in [-0.05, 0) is 13.8 Å². The molecule has 0 atom stereocenters. The van der Waals surface area contributed by atoms with Gasteiger partial charge in [-0.3, -0.25) is 4.79 Å². The summed E-state index contributed by atoms with van der Waals surface area (Å²) in [5.74, 6) is 0.921. The van der Waals surface area contributed by atoms with Crippen LogP contribution >= 0.6 is 0 Å². The van der Waals surface area contributed by atoms with Gasteiger partial charge in [-0.1, -0.05) is 5.16 Å². The Labute approximate surface area is 110 Å². The lowest BCUT2D eigenvalue weighted by atomic mass is 10.1. The highest BCUT2D eigenvalue weighted by Crippen LogP contribution is 2.18. The lowest BCUT2D eigenvalue weighted by molar-refractivity contribution is 0.0691. The molecule has 3 rings (SSSR count). The predicted molar refractivity (Wildman–Crippen MR) is 66.5 cm³/mol. The van der Waals surface area contributed by atoms with Crippen LogP contribution in [0.1, 0.15) is 33.3 Å². The van der Waals surface area contributed by atoms with Crippen LogP contribution in [0.4, 0.5) is 0 Å². The predicted octanol–water partition coefficient (Wildman–Crippen LogP) is 1.28. The highest BCUT2D eigenvalue weighted by Gasteiger charge is 2.25. The number of aromatic nitrogens is 3. The molecule has 2 aromatic rings. The Morgan fingerprint density at radius 3 is 3.00 bits per heavy atom. The molecule has 0 N–H and O–H groups in total. The average molecular weight is 258 g/mol. The molecule has 19 heavy (non-hydrogen) atoms. The van der Waals surface area contributed by atoms with Gasteiger partial charge in [-0.2, -0.15) is 0 Å². The first kappa shape index (κ1) is 11.8. The third-order valence-corrected chi connectivity index (χ3v) is 3.18. The van der Waals surface area contributed by atoms with Crippen LogP contribution in [0.2, 0.25) is 0 Å². The van der Waals surface area contributed by atoms with E-state index in [0.29, 0.717) is 18.8 Å². The zero-order valence-electron chi connectivity index (χ0n) is 10.9. The van der Waals surface area contributed by atoms with Gasteiger partial charge in [0.15, 0.2) is 0 Å². The quantitative estimate of drug-likeness (QED) is 0.770. The van der Waals surface area contributed by atoms with Crippen molar-refractivity contribution in [1.29, 1.82) is 0 Å². The minimum absolute atomic E-state index is 0.133. The van der Waals surface area contributed by atoms with E-state index in [4.69, 9.17) is 4.52 Å². The molecular formula is C13H14N4O2. The molecule has 1 aliphatic heterocycles. The van der Waals surface area contributed by atoms with Crippen molar-refractivity contribution in [2.75, 3.05) is 6.54 Å². The Kier molecular flexibility index (Phi) is 2.77. The Balaban J connectivity index is 1.82. The summed E-state index contributed by atoms with van der Waals surface area (Å²) in [5.41, 5.74) is 2.74. The summed E-state index contributed by atoms with van der Waals surface area (Å²) in [6.45, 7) is 4.83. The molecule has 98 valence electrons. The molecule has 0 radical (unpaired) electrons. The molecule has 1 aliphatic rings. The first-order valence-corrected chi connectivity index (χ1v) is 6.17. The van der Waals surface area contributed by atoms with Gasteiger partial charge in [0, 0.05) is 37.3 Å². The molecule has 0 aliphatic carbocycles. The Hall–Kier alpha value is -2.24. The van der Waals surface area contributed by atoms with Crippen LogP contribution < -0.4 is 0 Å². The molecule has 0 saturated carbocycles. The van der Waals surface area contributed by atoms with Crippen LogP contribution in [0.5, 0.6) is 0 Å². The number of rotatable bonds is 1. The molecule has 6 nitrogen and oxygen atoms in total. The smallest absolute Gasteiger partial charge is 0.292 e. The van der Waals surface area contributed by atoms with Crippen LogP contribution in [0.15, 0.2) is 16.8 Å². The summed E-state index contributed by atoms with van der Waals surface area (Å²) in [6.07, 6.45) is 2.54. The monoisotopic (exact) mass is 258 g/mol. The van der Waals surface area contributed by atoms with Crippen molar-refractivity contribution in [3.63, 3.8) is 0 Å². The first-order valence-electron chi connectivity index (χ1n) is 6.17. The first-order chi connectivity index (χ1) is 9.13. The normalized spacial score (nSPS) is 14.3. The van der Waals surface area contributed by atoms with E-state index in [9.17, 15) is 4.79 Å². The van der Waals surface area contributed by atoms with Gasteiger partial charge in [0.05, 0.1) is 11.4 Å². The van der Waals surface area contributed by atoms with Gasteiger partial charge in [-0.25, -0.2) is 9.97 Å². The SMILES string of the molecule is Cc1cc(C(=O)N2CCc3nc(C)ncc3C2)on1. The number of hydrogen-bond donors (Lipinski definition) is 0. The minimum Gasteiger partial charge on any atom is -0.351 e. The highest BCUT2D eigenvalue weighted by atomic mass is 16.5. The fourth-order valence-corrected chi connectivity index (χ4v) is 2.21. The summed E-state index contributed by atoms with van der Waals surface area (Å²) >= 11 is 0. The second-order valence-corrected chi connectivity index (χ2v) is 4.70. The van der Waals surface area contributed by atoms with Gasteiger partial charge in [0.2, 0.25) is 5.76 Å². The van der Waals surface area contributed by atoms with Crippen molar-refractivity contribution in [3.8, 4) is 0 Å². The molecule has 0 aromatic carbocycles. The second kappa shape index (κ2) is 4.46. The van der Waals surface area contributed by atoms with Crippen molar-refractivity contribution in [2.45, 2.75) is 26.8 Å². The summed E-state index contributed by atoms with van der Waals surface area (Å²) in [5, 5.41) is 3.74. The van der Waals surface area contributed by atoms with Gasteiger partial charge in [0.1, 0.15) is 5.82 Å². The van der Waals surface area contributed by atoms with Crippen LogP contribution in [-0.4, -0.2) is 32.5 Å². The number of aryl methyl sites for hydroxylation is 2. The van der Waals surface area contributed by atoms with E-state index in [1.807, 2.05) is 6.92 Å². The molecule has 2 aromatic heterocycles. The fourth-order valence-electron chi connectivity index (χ4n) is 2.21. The number of carbonyl (C=O) groups is 1. The maximum atomic E-state index is 12.2. The Bertz CT molecular complexity index is 635. The lowest BCUT2D eigenvalue weighted by Gasteiger charge is -2.27. The van der Waals surface area contributed by atoms with Gasteiger partial charge in [-0.15, -0.1) is 0 Å². The molecule has 0 bridgehead atoms. The number of fused-ring (bicyclic) bond motifs is 1. The molecule has 0 fully saturated rings. The van der Waals surface area contributed by atoms with E-state index < -0.39 is 0 Å². The summed E-state index contributed by atoms with van der Waals surface area (Å²) in [6, 6.07) is 1.66. The average Bonchev–Trinajstić information content (AvgIpc) is 2.84. The third kappa shape index (κ3) is 2.21. The number of carbonyl (C=O) groups excluding carboxylic acids is 1. The van der Waals surface area contributed by atoms with E-state index in [1.54, 1.807) is 24.1 Å². The van der Waals surface area contributed by atoms with Crippen molar-refractivity contribution in [2.24, 2.45) is 0 Å². The standard InChI is InChI=1S/C13H14N4O2/c1-8-5-12(19-16-8)13(18)17-4-3-11-10(7-17)6-14-9(2)15-11/h5-6H,3-4,7H2,1-2H3. The zero-order valence-corrected chi connectivity index (χ0v) is 10.9. The van der Waals surface area contributed by atoms with Gasteiger partial charge < -0.3 is 9.42 Å². The summed E-state index contributed by atoms with van der Waals surface area (Å²) in [7, 11) is 0. The molecule has 1 amide bonds. The van der Waals surface area contributed by atoms with Crippen molar-refractivity contribution >= 4 is 5.91 Å². The maximum Gasteiger partial charge on any atom is 0.292 e. The topological polar surface area (TPSA) is 72.1 Å². The highest BCUT2D eigenvalue weighted by molar-refractivity contribution is 5.91. The molecule has 0 saturated heterocycles. The molecule has 0 spiro atoms. The number of nitrogens with zero attached hydrogens (tertiary/aromatic N) is 4. The number of hydrogen-bond acceptors (Lipinski definition) is 5. The Morgan fingerprint density at radius 2 is 2.26 bits per heavy atom. The summed E-state index contributed by atoms with van der Waals surface area (Å²) < 4.78 is 5.01. The minimum atomic E-state index is -0.133. The number of amides is 1. The third-order valence-electron chi connectivity index (χ3n) is 3.18. The second-order valence-electron chi connectivity index (χ2n) is 4.70.